The zero-order valence-corrected chi connectivity index (χ0v) is 8.24. The van der Waals surface area contributed by atoms with E-state index in [4.69, 9.17) is 15.1 Å². The van der Waals surface area contributed by atoms with Crippen molar-refractivity contribution < 1.29 is 9.84 Å². The Morgan fingerprint density at radius 1 is 1.64 bits per heavy atom. The van der Waals surface area contributed by atoms with Gasteiger partial charge in [-0.05, 0) is 12.5 Å². The van der Waals surface area contributed by atoms with Crippen LogP contribution in [-0.4, -0.2) is 23.8 Å². The van der Waals surface area contributed by atoms with Crippen LogP contribution in [-0.2, 0) is 6.42 Å². The number of hydrogen-bond acceptors (Lipinski definition) is 4. The van der Waals surface area contributed by atoms with Crippen LogP contribution >= 0.6 is 0 Å². The van der Waals surface area contributed by atoms with E-state index in [0.717, 1.165) is 5.56 Å². The number of aryl methyl sites for hydroxylation is 1. The fourth-order valence-electron chi connectivity index (χ4n) is 1.25. The smallest absolute Gasteiger partial charge is 0.213 e. The number of nitrogens with zero attached hydrogens (tertiary/aromatic N) is 2. The number of aliphatic hydroxyl groups excluding tert-OH is 1. The number of aliphatic hydroxyl groups is 1. The molecule has 0 aliphatic carbocycles. The Kier molecular flexibility index (Phi) is 3.43. The molecular formula is C10H12N2O2. The first-order valence-electron chi connectivity index (χ1n) is 4.28. The number of hydrogen-bond donors (Lipinski definition) is 1. The SMILES string of the molecule is COc1cc(C)c(C#N)c(CCO)n1. The Balaban J connectivity index is 3.22. The van der Waals surface area contributed by atoms with Crippen molar-refractivity contribution in [2.24, 2.45) is 0 Å². The molecule has 0 aliphatic rings. The molecule has 4 heteroatoms. The van der Waals surface area contributed by atoms with Gasteiger partial charge in [0, 0.05) is 19.1 Å². The second-order valence-electron chi connectivity index (χ2n) is 2.89. The molecule has 4 nitrogen and oxygen atoms in total. The van der Waals surface area contributed by atoms with Gasteiger partial charge in [-0.2, -0.15) is 5.26 Å². The van der Waals surface area contributed by atoms with E-state index in [1.807, 2.05) is 6.92 Å². The Labute approximate surface area is 82.8 Å². The second kappa shape index (κ2) is 4.58. The first kappa shape index (κ1) is 10.5. The molecule has 1 N–H and O–H groups in total. The largest absolute Gasteiger partial charge is 0.481 e. The van der Waals surface area contributed by atoms with E-state index in [0.29, 0.717) is 23.6 Å². The van der Waals surface area contributed by atoms with Crippen LogP contribution in [0.5, 0.6) is 5.88 Å². The van der Waals surface area contributed by atoms with Gasteiger partial charge >= 0.3 is 0 Å². The normalized spacial score (nSPS) is 9.57. The van der Waals surface area contributed by atoms with Crippen molar-refractivity contribution in [3.63, 3.8) is 0 Å². The summed E-state index contributed by atoms with van der Waals surface area (Å²) < 4.78 is 4.98. The fourth-order valence-corrected chi connectivity index (χ4v) is 1.25. The van der Waals surface area contributed by atoms with E-state index in [1.165, 1.54) is 7.11 Å². The molecule has 1 aromatic heterocycles. The number of aromatic nitrogens is 1. The summed E-state index contributed by atoms with van der Waals surface area (Å²) in [7, 11) is 1.52. The summed E-state index contributed by atoms with van der Waals surface area (Å²) in [5.74, 6) is 0.477. The number of methoxy groups -OCH3 is 1. The van der Waals surface area contributed by atoms with E-state index < -0.39 is 0 Å². The van der Waals surface area contributed by atoms with E-state index >= 15 is 0 Å². The highest BCUT2D eigenvalue weighted by Crippen LogP contribution is 2.17. The Morgan fingerprint density at radius 2 is 2.36 bits per heavy atom. The molecule has 0 aliphatic heterocycles. The van der Waals surface area contributed by atoms with Crippen molar-refractivity contribution in [1.82, 2.24) is 4.98 Å². The van der Waals surface area contributed by atoms with E-state index in [1.54, 1.807) is 6.07 Å². The first-order chi connectivity index (χ1) is 6.72. The summed E-state index contributed by atoms with van der Waals surface area (Å²) in [4.78, 5) is 4.11. The molecule has 0 spiro atoms. The standard InChI is InChI=1S/C10H12N2O2/c1-7-5-10(14-2)12-9(3-4-13)8(7)6-11/h5,13H,3-4H2,1-2H3. The molecule has 0 aromatic carbocycles. The number of rotatable bonds is 3. The predicted molar refractivity (Wildman–Crippen MR) is 51.0 cm³/mol. The van der Waals surface area contributed by atoms with Crippen molar-refractivity contribution >= 4 is 0 Å². The van der Waals surface area contributed by atoms with Gasteiger partial charge in [-0.15, -0.1) is 0 Å². The van der Waals surface area contributed by atoms with E-state index in [-0.39, 0.29) is 6.61 Å². The van der Waals surface area contributed by atoms with Gasteiger partial charge in [0.15, 0.2) is 0 Å². The highest BCUT2D eigenvalue weighted by molar-refractivity contribution is 5.43. The molecule has 1 aromatic rings. The molecule has 1 rings (SSSR count). The average Bonchev–Trinajstić information content (AvgIpc) is 2.18. The number of pyridine rings is 1. The Hall–Kier alpha value is -1.60. The minimum absolute atomic E-state index is 0.0196. The minimum atomic E-state index is -0.0196. The summed E-state index contributed by atoms with van der Waals surface area (Å²) >= 11 is 0. The molecule has 0 unspecified atom stereocenters. The molecule has 74 valence electrons. The summed E-state index contributed by atoms with van der Waals surface area (Å²) in [6, 6.07) is 3.78. The Bertz CT molecular complexity index is 369. The number of ether oxygens (including phenoxy) is 1. The summed E-state index contributed by atoms with van der Waals surface area (Å²) in [5, 5.41) is 17.7. The summed E-state index contributed by atoms with van der Waals surface area (Å²) in [6.45, 7) is 1.80. The predicted octanol–water partition coefficient (Wildman–Crippen LogP) is 0.805. The molecule has 0 atom stereocenters. The van der Waals surface area contributed by atoms with Crippen LogP contribution in [0, 0.1) is 18.3 Å². The van der Waals surface area contributed by atoms with Gasteiger partial charge in [-0.1, -0.05) is 0 Å². The summed E-state index contributed by atoms with van der Waals surface area (Å²) in [6.07, 6.45) is 0.376. The molecule has 0 saturated carbocycles. The average molecular weight is 192 g/mol. The molecule has 0 radical (unpaired) electrons. The van der Waals surface area contributed by atoms with Crippen molar-refractivity contribution in [2.45, 2.75) is 13.3 Å². The Morgan fingerprint density at radius 3 is 2.86 bits per heavy atom. The molecule has 14 heavy (non-hydrogen) atoms. The van der Waals surface area contributed by atoms with Gasteiger partial charge in [0.2, 0.25) is 5.88 Å². The lowest BCUT2D eigenvalue weighted by Gasteiger charge is -2.07. The van der Waals surface area contributed by atoms with Gasteiger partial charge in [0.25, 0.3) is 0 Å². The zero-order chi connectivity index (χ0) is 10.6. The van der Waals surface area contributed by atoms with Gasteiger partial charge in [0.05, 0.1) is 18.4 Å². The van der Waals surface area contributed by atoms with Gasteiger partial charge in [0.1, 0.15) is 6.07 Å². The lowest BCUT2D eigenvalue weighted by atomic mass is 10.1. The molecular weight excluding hydrogens is 180 g/mol. The molecule has 0 saturated heterocycles. The highest BCUT2D eigenvalue weighted by atomic mass is 16.5. The maximum atomic E-state index is 8.88. The molecule has 0 amide bonds. The van der Waals surface area contributed by atoms with Crippen molar-refractivity contribution in [3.8, 4) is 11.9 Å². The maximum Gasteiger partial charge on any atom is 0.213 e. The van der Waals surface area contributed by atoms with Crippen LogP contribution in [0.15, 0.2) is 6.07 Å². The molecule has 0 fully saturated rings. The van der Waals surface area contributed by atoms with Crippen LogP contribution in [0.25, 0.3) is 0 Å². The fraction of sp³-hybridized carbons (Fsp3) is 0.400. The van der Waals surface area contributed by atoms with E-state index in [9.17, 15) is 0 Å². The van der Waals surface area contributed by atoms with Crippen molar-refractivity contribution in [1.29, 1.82) is 5.26 Å². The first-order valence-corrected chi connectivity index (χ1v) is 4.28. The van der Waals surface area contributed by atoms with Crippen LogP contribution in [0.2, 0.25) is 0 Å². The van der Waals surface area contributed by atoms with Crippen LogP contribution < -0.4 is 4.74 Å². The minimum Gasteiger partial charge on any atom is -0.481 e. The topological polar surface area (TPSA) is 66.1 Å². The molecule has 1 heterocycles. The summed E-state index contributed by atoms with van der Waals surface area (Å²) in [5.41, 5.74) is 1.94. The quantitative estimate of drug-likeness (QED) is 0.769. The van der Waals surface area contributed by atoms with Crippen LogP contribution in [0.3, 0.4) is 0 Å². The third-order valence-electron chi connectivity index (χ3n) is 1.94. The lowest BCUT2D eigenvalue weighted by molar-refractivity contribution is 0.297. The number of nitriles is 1. The zero-order valence-electron chi connectivity index (χ0n) is 8.24. The molecule has 0 bridgehead atoms. The van der Waals surface area contributed by atoms with Crippen molar-refractivity contribution in [3.05, 3.63) is 22.9 Å². The lowest BCUT2D eigenvalue weighted by Crippen LogP contribution is -2.02. The van der Waals surface area contributed by atoms with Gasteiger partial charge < -0.3 is 9.84 Å². The van der Waals surface area contributed by atoms with Gasteiger partial charge in [-0.3, -0.25) is 0 Å². The third-order valence-corrected chi connectivity index (χ3v) is 1.94. The van der Waals surface area contributed by atoms with Gasteiger partial charge in [-0.25, -0.2) is 4.98 Å². The third kappa shape index (κ3) is 2.01. The second-order valence-corrected chi connectivity index (χ2v) is 2.89. The van der Waals surface area contributed by atoms with E-state index in [2.05, 4.69) is 11.1 Å². The van der Waals surface area contributed by atoms with Crippen LogP contribution in [0.4, 0.5) is 0 Å². The monoisotopic (exact) mass is 192 g/mol. The van der Waals surface area contributed by atoms with Crippen molar-refractivity contribution in [2.75, 3.05) is 13.7 Å². The van der Waals surface area contributed by atoms with Crippen LogP contribution in [0.1, 0.15) is 16.8 Å². The maximum absolute atomic E-state index is 8.88. The highest BCUT2D eigenvalue weighted by Gasteiger charge is 2.09.